The molecule has 2 aromatic carbocycles. The number of oxime groups is 1. The molecule has 1 saturated heterocycles. The number of aromatic amines is 1. The Morgan fingerprint density at radius 3 is 2.91 bits per heavy atom. The van der Waals surface area contributed by atoms with Gasteiger partial charge in [0.1, 0.15) is 17.2 Å². The summed E-state index contributed by atoms with van der Waals surface area (Å²) in [5.74, 6) is 0.222. The van der Waals surface area contributed by atoms with Gasteiger partial charge in [0.05, 0.1) is 11.3 Å². The van der Waals surface area contributed by atoms with Gasteiger partial charge in [-0.3, -0.25) is 4.79 Å². The van der Waals surface area contributed by atoms with Crippen LogP contribution in [0.5, 0.6) is 5.88 Å². The summed E-state index contributed by atoms with van der Waals surface area (Å²) in [7, 11) is 0. The summed E-state index contributed by atoms with van der Waals surface area (Å²) in [4.78, 5) is 25.1. The SMILES string of the molecule is O=C(CO/N=C1/C(c2c(O)[nH]c3ccc(F)cc23)=Nc2ccccc21)NC1[C@H]2CNC[C@@H]12. The number of aliphatic imine (C=N–C) groups is 1. The fourth-order valence-electron chi connectivity index (χ4n) is 4.74. The van der Waals surface area contributed by atoms with Crippen LogP contribution in [0.1, 0.15) is 11.1 Å². The summed E-state index contributed by atoms with van der Waals surface area (Å²) < 4.78 is 13.9. The number of hydrogen-bond donors (Lipinski definition) is 4. The molecule has 3 heterocycles. The summed E-state index contributed by atoms with van der Waals surface area (Å²) >= 11 is 0. The second-order valence-electron chi connectivity index (χ2n) is 8.31. The van der Waals surface area contributed by atoms with E-state index in [1.165, 1.54) is 12.1 Å². The molecule has 3 aromatic rings. The Labute approximate surface area is 182 Å². The molecule has 1 aromatic heterocycles. The van der Waals surface area contributed by atoms with Crippen molar-refractivity contribution in [2.75, 3.05) is 19.7 Å². The molecule has 1 amide bonds. The van der Waals surface area contributed by atoms with Gasteiger partial charge >= 0.3 is 0 Å². The summed E-state index contributed by atoms with van der Waals surface area (Å²) in [5, 5.41) is 21.5. The molecule has 1 aliphatic carbocycles. The third kappa shape index (κ3) is 3.04. The van der Waals surface area contributed by atoms with Crippen LogP contribution in [0.3, 0.4) is 0 Å². The highest BCUT2D eigenvalue weighted by atomic mass is 19.1. The fraction of sp³-hybridized carbons (Fsp3) is 0.261. The predicted octanol–water partition coefficient (Wildman–Crippen LogP) is 2.20. The molecule has 4 N–H and O–H groups in total. The standard InChI is InChI=1S/C23H20FN5O3/c24-11-5-6-17-13(7-11)19(23(31)27-17)22-21(12-3-1-2-4-16(12)26-22)29-32-10-18(30)28-20-14-8-25-9-15(14)20/h1-7,14-15,20,25,27,31H,8-10H2,(H,28,30)/b29-21+/t14-,15+,20?. The molecule has 3 aliphatic rings. The van der Waals surface area contributed by atoms with Gasteiger partial charge in [-0.2, -0.15) is 0 Å². The Morgan fingerprint density at radius 1 is 1.25 bits per heavy atom. The van der Waals surface area contributed by atoms with Crippen molar-refractivity contribution in [3.05, 3.63) is 59.4 Å². The summed E-state index contributed by atoms with van der Waals surface area (Å²) in [6.07, 6.45) is 0. The maximum atomic E-state index is 13.9. The van der Waals surface area contributed by atoms with Crippen molar-refractivity contribution < 1.29 is 19.1 Å². The number of nitrogens with one attached hydrogen (secondary N) is 3. The molecule has 0 bridgehead atoms. The largest absolute Gasteiger partial charge is 0.494 e. The van der Waals surface area contributed by atoms with E-state index in [9.17, 15) is 14.3 Å². The number of para-hydroxylation sites is 1. The highest BCUT2D eigenvalue weighted by Crippen LogP contribution is 2.41. The lowest BCUT2D eigenvalue weighted by atomic mass is 10.0. The van der Waals surface area contributed by atoms with Gasteiger partial charge in [-0.25, -0.2) is 9.38 Å². The topological polar surface area (TPSA) is 111 Å². The molecule has 162 valence electrons. The number of amides is 1. The number of aromatic nitrogens is 1. The van der Waals surface area contributed by atoms with E-state index < -0.39 is 5.82 Å². The Hall–Kier alpha value is -3.72. The number of H-pyrrole nitrogens is 1. The number of nitrogens with zero attached hydrogens (tertiary/aromatic N) is 2. The van der Waals surface area contributed by atoms with Gasteiger partial charge in [0.15, 0.2) is 12.5 Å². The molecule has 2 fully saturated rings. The lowest BCUT2D eigenvalue weighted by molar-refractivity contribution is -0.125. The number of rotatable bonds is 5. The minimum Gasteiger partial charge on any atom is -0.494 e. The van der Waals surface area contributed by atoms with Crippen molar-refractivity contribution in [1.82, 2.24) is 15.6 Å². The van der Waals surface area contributed by atoms with Crippen LogP contribution in [-0.4, -0.2) is 53.2 Å². The van der Waals surface area contributed by atoms with Crippen LogP contribution < -0.4 is 10.6 Å². The molecule has 0 spiro atoms. The van der Waals surface area contributed by atoms with Crippen LogP contribution in [0.4, 0.5) is 10.1 Å². The van der Waals surface area contributed by atoms with E-state index in [4.69, 9.17) is 4.84 Å². The van der Waals surface area contributed by atoms with E-state index in [2.05, 4.69) is 25.8 Å². The van der Waals surface area contributed by atoms with Gasteiger partial charge in [-0.05, 0) is 36.1 Å². The maximum absolute atomic E-state index is 13.9. The third-order valence-corrected chi connectivity index (χ3v) is 6.36. The maximum Gasteiger partial charge on any atom is 0.261 e. The van der Waals surface area contributed by atoms with E-state index in [0.29, 0.717) is 51.0 Å². The lowest BCUT2D eigenvalue weighted by Gasteiger charge is -2.08. The van der Waals surface area contributed by atoms with Crippen molar-refractivity contribution in [3.63, 3.8) is 0 Å². The minimum atomic E-state index is -0.430. The predicted molar refractivity (Wildman–Crippen MR) is 117 cm³/mol. The van der Waals surface area contributed by atoms with Crippen molar-refractivity contribution in [1.29, 1.82) is 0 Å². The van der Waals surface area contributed by atoms with Gasteiger partial charge in [0.25, 0.3) is 5.91 Å². The highest BCUT2D eigenvalue weighted by molar-refractivity contribution is 6.58. The molecule has 3 atom stereocenters. The minimum absolute atomic E-state index is 0.142. The Kier molecular flexibility index (Phi) is 4.25. The highest BCUT2D eigenvalue weighted by Gasteiger charge is 2.53. The fourth-order valence-corrected chi connectivity index (χ4v) is 4.74. The van der Waals surface area contributed by atoms with E-state index in [1.54, 1.807) is 6.07 Å². The second kappa shape index (κ2) is 7.16. The van der Waals surface area contributed by atoms with Crippen LogP contribution in [0.25, 0.3) is 10.9 Å². The summed E-state index contributed by atoms with van der Waals surface area (Å²) in [5.41, 5.74) is 2.99. The average molecular weight is 433 g/mol. The molecule has 9 heteroatoms. The quantitative estimate of drug-likeness (QED) is 0.462. The van der Waals surface area contributed by atoms with Gasteiger partial charge in [0.2, 0.25) is 0 Å². The van der Waals surface area contributed by atoms with Gasteiger partial charge in [-0.15, -0.1) is 0 Å². The van der Waals surface area contributed by atoms with Crippen LogP contribution in [0, 0.1) is 17.7 Å². The van der Waals surface area contributed by atoms with Gasteiger partial charge in [-0.1, -0.05) is 23.4 Å². The molecular formula is C23H20FN5O3. The van der Waals surface area contributed by atoms with Crippen LogP contribution in [0.15, 0.2) is 52.6 Å². The molecule has 32 heavy (non-hydrogen) atoms. The van der Waals surface area contributed by atoms with Gasteiger partial charge in [0, 0.05) is 35.6 Å². The van der Waals surface area contributed by atoms with E-state index in [1.807, 2.05) is 24.3 Å². The normalized spacial score (nSPS) is 24.3. The first-order chi connectivity index (χ1) is 15.6. The number of carbonyl (C=O) groups excluding carboxylic acids is 1. The molecular weight excluding hydrogens is 413 g/mol. The first kappa shape index (κ1) is 19.0. The zero-order valence-electron chi connectivity index (χ0n) is 16.9. The Balaban J connectivity index is 1.28. The molecule has 1 saturated carbocycles. The molecule has 8 nitrogen and oxygen atoms in total. The lowest BCUT2D eigenvalue weighted by Crippen LogP contribution is -2.34. The first-order valence-corrected chi connectivity index (χ1v) is 10.5. The van der Waals surface area contributed by atoms with Crippen molar-refractivity contribution >= 4 is 33.9 Å². The summed E-state index contributed by atoms with van der Waals surface area (Å²) in [6, 6.07) is 11.7. The molecule has 2 aliphatic heterocycles. The number of carbonyl (C=O) groups is 1. The Morgan fingerprint density at radius 2 is 2.06 bits per heavy atom. The number of aromatic hydroxyl groups is 1. The monoisotopic (exact) mass is 433 g/mol. The summed E-state index contributed by atoms with van der Waals surface area (Å²) in [6.45, 7) is 1.64. The number of piperidine rings is 1. The molecule has 0 radical (unpaired) electrons. The first-order valence-electron chi connectivity index (χ1n) is 10.5. The van der Waals surface area contributed by atoms with E-state index in [0.717, 1.165) is 13.1 Å². The van der Waals surface area contributed by atoms with E-state index in [-0.39, 0.29) is 24.4 Å². The average Bonchev–Trinajstić information content (AvgIpc) is 3.14. The van der Waals surface area contributed by atoms with Crippen LogP contribution >= 0.6 is 0 Å². The third-order valence-electron chi connectivity index (χ3n) is 6.36. The number of halogens is 1. The van der Waals surface area contributed by atoms with Crippen molar-refractivity contribution in [2.45, 2.75) is 6.04 Å². The van der Waals surface area contributed by atoms with E-state index >= 15 is 0 Å². The Bertz CT molecular complexity index is 1300. The number of fused-ring (bicyclic) bond motifs is 3. The molecule has 1 unspecified atom stereocenters. The second-order valence-corrected chi connectivity index (χ2v) is 8.31. The van der Waals surface area contributed by atoms with Crippen molar-refractivity contribution in [3.8, 4) is 5.88 Å². The van der Waals surface area contributed by atoms with Crippen LogP contribution in [0.2, 0.25) is 0 Å². The van der Waals surface area contributed by atoms with Gasteiger partial charge < -0.3 is 25.6 Å². The number of hydrogen-bond acceptors (Lipinski definition) is 6. The van der Waals surface area contributed by atoms with Crippen LogP contribution in [-0.2, 0) is 9.63 Å². The van der Waals surface area contributed by atoms with Crippen molar-refractivity contribution in [2.24, 2.45) is 22.0 Å². The molecule has 6 rings (SSSR count). The zero-order chi connectivity index (χ0) is 21.8. The smallest absolute Gasteiger partial charge is 0.261 e. The zero-order valence-corrected chi connectivity index (χ0v) is 16.9. The number of benzene rings is 2.